The molecule has 1 unspecified atom stereocenters. The molecule has 0 saturated carbocycles. The van der Waals surface area contributed by atoms with Gasteiger partial charge in [-0.05, 0) is 36.5 Å². The molecule has 0 amide bonds. The van der Waals surface area contributed by atoms with E-state index in [1.54, 1.807) is 0 Å². The van der Waals surface area contributed by atoms with Crippen molar-refractivity contribution in [2.75, 3.05) is 19.6 Å². The molecule has 1 aliphatic rings. The molecule has 0 aromatic carbocycles. The number of hydrogen-bond acceptors (Lipinski definition) is 2. The fourth-order valence-electron chi connectivity index (χ4n) is 2.68. The van der Waals surface area contributed by atoms with E-state index in [0.29, 0.717) is 11.3 Å². The predicted octanol–water partition coefficient (Wildman–Crippen LogP) is 2.61. The fourth-order valence-corrected chi connectivity index (χ4v) is 2.68. The monoisotopic (exact) mass is 268 g/mol. The second-order valence-electron chi connectivity index (χ2n) is 7.18. The van der Waals surface area contributed by atoms with Crippen LogP contribution in [0.15, 0.2) is 4.99 Å². The molecule has 0 aliphatic carbocycles. The van der Waals surface area contributed by atoms with Gasteiger partial charge in [0.2, 0.25) is 5.96 Å². The first kappa shape index (κ1) is 16.3. The maximum Gasteiger partial charge on any atom is 0.208 e. The summed E-state index contributed by atoms with van der Waals surface area (Å²) >= 11 is 0. The van der Waals surface area contributed by atoms with Crippen LogP contribution in [0.4, 0.5) is 0 Å². The number of hydrogen-bond donors (Lipinski definition) is 2. The van der Waals surface area contributed by atoms with Crippen molar-refractivity contribution in [2.45, 2.75) is 53.9 Å². The van der Waals surface area contributed by atoms with Crippen LogP contribution in [0.25, 0.3) is 0 Å². The smallest absolute Gasteiger partial charge is 0.208 e. The third-order valence-corrected chi connectivity index (χ3v) is 3.99. The van der Waals surface area contributed by atoms with E-state index in [0.717, 1.165) is 31.5 Å². The topological polar surface area (TPSA) is 53.6 Å². The number of likely N-dealkylation sites (tertiary alicyclic amines) is 1. The van der Waals surface area contributed by atoms with Gasteiger partial charge in [-0.1, -0.05) is 34.6 Å². The SMILES string of the molecule is CC(C)CN=C(NN)N1CCCC(C(C)(C)C)CC1. The highest BCUT2D eigenvalue weighted by Crippen LogP contribution is 2.34. The lowest BCUT2D eigenvalue weighted by Crippen LogP contribution is -2.45. The molecule has 1 atom stereocenters. The normalized spacial score (nSPS) is 22.6. The molecule has 0 aromatic rings. The molecule has 112 valence electrons. The van der Waals surface area contributed by atoms with Crippen LogP contribution in [-0.4, -0.2) is 30.5 Å². The molecule has 0 bridgehead atoms. The maximum atomic E-state index is 5.64. The van der Waals surface area contributed by atoms with E-state index in [1.807, 2.05) is 0 Å². The van der Waals surface area contributed by atoms with Gasteiger partial charge in [0.15, 0.2) is 0 Å². The van der Waals surface area contributed by atoms with E-state index in [9.17, 15) is 0 Å². The Labute approximate surface area is 118 Å². The van der Waals surface area contributed by atoms with Gasteiger partial charge < -0.3 is 4.90 Å². The third-order valence-electron chi connectivity index (χ3n) is 3.99. The summed E-state index contributed by atoms with van der Waals surface area (Å²) in [4.78, 5) is 6.91. The largest absolute Gasteiger partial charge is 0.342 e. The summed E-state index contributed by atoms with van der Waals surface area (Å²) in [5.41, 5.74) is 3.19. The number of hydrazine groups is 1. The number of aliphatic imine (C=N–C) groups is 1. The molecule has 0 radical (unpaired) electrons. The van der Waals surface area contributed by atoms with Crippen molar-refractivity contribution in [1.29, 1.82) is 0 Å². The van der Waals surface area contributed by atoms with Gasteiger partial charge in [-0.2, -0.15) is 0 Å². The van der Waals surface area contributed by atoms with Crippen molar-refractivity contribution in [3.8, 4) is 0 Å². The minimum absolute atomic E-state index is 0.404. The highest BCUT2D eigenvalue weighted by atomic mass is 15.4. The summed E-state index contributed by atoms with van der Waals surface area (Å²) in [6.07, 6.45) is 3.76. The first-order chi connectivity index (χ1) is 8.84. The van der Waals surface area contributed by atoms with Gasteiger partial charge >= 0.3 is 0 Å². The number of nitrogens with zero attached hydrogens (tertiary/aromatic N) is 2. The summed E-state index contributed by atoms with van der Waals surface area (Å²) in [7, 11) is 0. The zero-order chi connectivity index (χ0) is 14.5. The van der Waals surface area contributed by atoms with Crippen LogP contribution in [0.1, 0.15) is 53.9 Å². The van der Waals surface area contributed by atoms with Gasteiger partial charge in [0.25, 0.3) is 0 Å². The molecule has 3 N–H and O–H groups in total. The highest BCUT2D eigenvalue weighted by molar-refractivity contribution is 5.79. The van der Waals surface area contributed by atoms with Crippen molar-refractivity contribution < 1.29 is 0 Å². The molecule has 0 spiro atoms. The average Bonchev–Trinajstić information content (AvgIpc) is 2.55. The van der Waals surface area contributed by atoms with Gasteiger partial charge in [-0.15, -0.1) is 0 Å². The number of nitrogens with two attached hydrogens (primary N) is 1. The third kappa shape index (κ3) is 5.39. The number of rotatable bonds is 2. The van der Waals surface area contributed by atoms with Crippen molar-refractivity contribution >= 4 is 5.96 Å². The van der Waals surface area contributed by atoms with Crippen molar-refractivity contribution in [3.63, 3.8) is 0 Å². The van der Waals surface area contributed by atoms with E-state index in [1.165, 1.54) is 19.3 Å². The van der Waals surface area contributed by atoms with Crippen molar-refractivity contribution in [3.05, 3.63) is 0 Å². The lowest BCUT2D eigenvalue weighted by molar-refractivity contribution is 0.216. The van der Waals surface area contributed by atoms with E-state index in [4.69, 9.17) is 5.84 Å². The quantitative estimate of drug-likeness (QED) is 0.350. The van der Waals surface area contributed by atoms with E-state index < -0.39 is 0 Å². The highest BCUT2D eigenvalue weighted by Gasteiger charge is 2.27. The Morgan fingerprint density at radius 2 is 2.00 bits per heavy atom. The summed E-state index contributed by atoms with van der Waals surface area (Å²) in [6.45, 7) is 14.4. The summed E-state index contributed by atoms with van der Waals surface area (Å²) in [5.74, 6) is 7.86. The van der Waals surface area contributed by atoms with E-state index >= 15 is 0 Å². The first-order valence-corrected chi connectivity index (χ1v) is 7.60. The minimum Gasteiger partial charge on any atom is -0.342 e. The van der Waals surface area contributed by atoms with Gasteiger partial charge in [-0.3, -0.25) is 10.4 Å². The lowest BCUT2D eigenvalue weighted by Gasteiger charge is -2.30. The summed E-state index contributed by atoms with van der Waals surface area (Å²) < 4.78 is 0. The molecular formula is C15H32N4. The molecule has 1 fully saturated rings. The molecule has 1 saturated heterocycles. The van der Waals surface area contributed by atoms with Gasteiger partial charge in [0, 0.05) is 19.6 Å². The summed E-state index contributed by atoms with van der Waals surface area (Å²) in [5, 5.41) is 0. The fraction of sp³-hybridized carbons (Fsp3) is 0.933. The second kappa shape index (κ2) is 7.13. The Hall–Kier alpha value is -0.770. The lowest BCUT2D eigenvalue weighted by atomic mass is 9.77. The standard InChI is InChI=1S/C15H32N4/c1-12(2)11-17-14(18-16)19-9-6-7-13(8-10-19)15(3,4)5/h12-13H,6-11,16H2,1-5H3,(H,17,18). The molecule has 19 heavy (non-hydrogen) atoms. The van der Waals surface area contributed by atoms with Gasteiger partial charge in [-0.25, -0.2) is 5.84 Å². The van der Waals surface area contributed by atoms with Crippen LogP contribution in [0, 0.1) is 17.3 Å². The zero-order valence-electron chi connectivity index (χ0n) is 13.4. The van der Waals surface area contributed by atoms with Crippen LogP contribution < -0.4 is 11.3 Å². The molecular weight excluding hydrogens is 236 g/mol. The first-order valence-electron chi connectivity index (χ1n) is 7.60. The Morgan fingerprint density at radius 3 is 2.53 bits per heavy atom. The Morgan fingerprint density at radius 1 is 1.32 bits per heavy atom. The van der Waals surface area contributed by atoms with Crippen LogP contribution in [0.3, 0.4) is 0 Å². The molecule has 1 rings (SSSR count). The number of guanidine groups is 1. The van der Waals surface area contributed by atoms with Crippen molar-refractivity contribution in [1.82, 2.24) is 10.3 Å². The van der Waals surface area contributed by atoms with Crippen molar-refractivity contribution in [2.24, 2.45) is 28.1 Å². The maximum absolute atomic E-state index is 5.64. The van der Waals surface area contributed by atoms with Gasteiger partial charge in [0.05, 0.1) is 0 Å². The van der Waals surface area contributed by atoms with E-state index in [2.05, 4.69) is 49.9 Å². The average molecular weight is 268 g/mol. The minimum atomic E-state index is 0.404. The van der Waals surface area contributed by atoms with Gasteiger partial charge in [0.1, 0.15) is 0 Å². The second-order valence-corrected chi connectivity index (χ2v) is 7.18. The molecule has 0 aromatic heterocycles. The van der Waals surface area contributed by atoms with E-state index in [-0.39, 0.29) is 0 Å². The zero-order valence-corrected chi connectivity index (χ0v) is 13.4. The Bertz CT molecular complexity index is 291. The Balaban J connectivity index is 2.62. The predicted molar refractivity (Wildman–Crippen MR) is 82.8 cm³/mol. The molecule has 1 heterocycles. The van der Waals surface area contributed by atoms with Crippen LogP contribution in [0.5, 0.6) is 0 Å². The number of nitrogens with one attached hydrogen (secondary N) is 1. The molecule has 4 heteroatoms. The molecule has 1 aliphatic heterocycles. The summed E-state index contributed by atoms with van der Waals surface area (Å²) in [6, 6.07) is 0. The van der Waals surface area contributed by atoms with Crippen LogP contribution >= 0.6 is 0 Å². The van der Waals surface area contributed by atoms with Crippen LogP contribution in [-0.2, 0) is 0 Å². The Kier molecular flexibility index (Phi) is 6.11. The molecule has 4 nitrogen and oxygen atoms in total. The van der Waals surface area contributed by atoms with Crippen LogP contribution in [0.2, 0.25) is 0 Å².